The fourth-order valence-corrected chi connectivity index (χ4v) is 1.80. The maximum absolute atomic E-state index is 11.6. The van der Waals surface area contributed by atoms with Gasteiger partial charge in [-0.25, -0.2) is 0 Å². The molecule has 7 nitrogen and oxygen atoms in total. The lowest BCUT2D eigenvalue weighted by Gasteiger charge is -2.24. The van der Waals surface area contributed by atoms with Crippen LogP contribution in [0, 0.1) is 0 Å². The molecule has 0 saturated heterocycles. The topological polar surface area (TPSA) is 124 Å². The number of unbranched alkanes of at least 4 members (excludes halogenated alkanes) is 4. The lowest BCUT2D eigenvalue weighted by molar-refractivity contribution is -0.169. The van der Waals surface area contributed by atoms with Gasteiger partial charge >= 0.3 is 5.97 Å². The monoisotopic (exact) mass is 306 g/mol. The van der Waals surface area contributed by atoms with Crippen LogP contribution in [0.4, 0.5) is 0 Å². The summed E-state index contributed by atoms with van der Waals surface area (Å²) < 4.78 is 4.82. The van der Waals surface area contributed by atoms with Crippen molar-refractivity contribution in [2.45, 2.75) is 63.8 Å². The molecular weight excluding hydrogens is 280 g/mol. The molecule has 0 amide bonds. The first-order chi connectivity index (χ1) is 9.97. The Morgan fingerprint density at radius 1 is 1.05 bits per heavy atom. The van der Waals surface area contributed by atoms with Crippen molar-refractivity contribution in [2.24, 2.45) is 0 Å². The maximum Gasteiger partial charge on any atom is 0.306 e. The van der Waals surface area contributed by atoms with E-state index in [-0.39, 0.29) is 6.42 Å². The number of hydrogen-bond donors (Lipinski definition) is 4. The van der Waals surface area contributed by atoms with Crippen molar-refractivity contribution in [3.8, 4) is 0 Å². The zero-order valence-electron chi connectivity index (χ0n) is 12.4. The third-order valence-electron chi connectivity index (χ3n) is 3.11. The molecule has 0 radical (unpaired) electrons. The highest BCUT2D eigenvalue weighted by atomic mass is 16.6. The Bertz CT molecular complexity index is 306. The van der Waals surface area contributed by atoms with Gasteiger partial charge in [0.1, 0.15) is 18.8 Å². The molecule has 3 atom stereocenters. The van der Waals surface area contributed by atoms with Gasteiger partial charge in [-0.3, -0.25) is 9.59 Å². The number of carbonyl (C=O) groups is 2. The first-order valence-electron chi connectivity index (χ1n) is 7.27. The Morgan fingerprint density at radius 2 is 1.67 bits per heavy atom. The summed E-state index contributed by atoms with van der Waals surface area (Å²) in [7, 11) is 0. The molecular formula is C14H26O7. The molecule has 0 aromatic heterocycles. The molecule has 0 heterocycles. The Hall–Kier alpha value is -1.02. The van der Waals surface area contributed by atoms with E-state index < -0.39 is 43.3 Å². The lowest BCUT2D eigenvalue weighted by Crippen LogP contribution is -2.47. The summed E-state index contributed by atoms with van der Waals surface area (Å²) in [5.74, 6) is -1.60. The Kier molecular flexibility index (Phi) is 11.1. The minimum Gasteiger partial charge on any atom is -0.451 e. The van der Waals surface area contributed by atoms with Gasteiger partial charge in [-0.1, -0.05) is 32.6 Å². The van der Waals surface area contributed by atoms with E-state index >= 15 is 0 Å². The van der Waals surface area contributed by atoms with Crippen molar-refractivity contribution in [1.29, 1.82) is 0 Å². The molecule has 0 saturated carbocycles. The summed E-state index contributed by atoms with van der Waals surface area (Å²) >= 11 is 0. The minimum atomic E-state index is -1.77. The highest BCUT2D eigenvalue weighted by molar-refractivity contribution is 5.87. The van der Waals surface area contributed by atoms with E-state index in [0.717, 1.165) is 25.7 Å². The fourth-order valence-electron chi connectivity index (χ4n) is 1.80. The van der Waals surface area contributed by atoms with E-state index in [4.69, 9.17) is 14.9 Å². The molecule has 0 bridgehead atoms. The number of Topliss-reactive ketones (excluding diaryl/α,β-unsaturated/α-hetero) is 1. The van der Waals surface area contributed by atoms with Crippen LogP contribution in [0.15, 0.2) is 0 Å². The molecule has 0 unspecified atom stereocenters. The van der Waals surface area contributed by atoms with Gasteiger partial charge in [0, 0.05) is 6.42 Å². The molecule has 0 aliphatic rings. The number of carbonyl (C=O) groups excluding carboxylic acids is 2. The zero-order valence-corrected chi connectivity index (χ0v) is 12.4. The summed E-state index contributed by atoms with van der Waals surface area (Å²) in [6, 6.07) is 0. The summed E-state index contributed by atoms with van der Waals surface area (Å²) in [5, 5.41) is 36.5. The zero-order chi connectivity index (χ0) is 16.3. The van der Waals surface area contributed by atoms with Crippen molar-refractivity contribution in [2.75, 3.05) is 13.2 Å². The van der Waals surface area contributed by atoms with E-state index in [1.54, 1.807) is 0 Å². The van der Waals surface area contributed by atoms with Crippen LogP contribution in [0.3, 0.4) is 0 Å². The van der Waals surface area contributed by atoms with Gasteiger partial charge in [-0.15, -0.1) is 0 Å². The standard InChI is InChI=1S/C14H26O7/c1-2-3-4-5-6-7-12(19)21-14(11(18)9-16)13(20)10(17)8-15/h10,13-17,20H,2-9H2,1H3/t10-,13-,14-/m1/s1. The molecule has 21 heavy (non-hydrogen) atoms. The second kappa shape index (κ2) is 11.6. The third-order valence-corrected chi connectivity index (χ3v) is 3.11. The molecule has 0 aromatic rings. The maximum atomic E-state index is 11.6. The number of rotatable bonds is 12. The van der Waals surface area contributed by atoms with Crippen molar-refractivity contribution >= 4 is 11.8 Å². The van der Waals surface area contributed by atoms with Crippen LogP contribution in [0.5, 0.6) is 0 Å². The van der Waals surface area contributed by atoms with Crippen LogP contribution in [0.25, 0.3) is 0 Å². The first-order valence-corrected chi connectivity index (χ1v) is 7.27. The fraction of sp³-hybridized carbons (Fsp3) is 0.857. The SMILES string of the molecule is CCCCCCCC(=O)O[C@H](C(=O)CO)[C@H](O)[C@H](O)CO. The highest BCUT2D eigenvalue weighted by Gasteiger charge is 2.34. The summed E-state index contributed by atoms with van der Waals surface area (Å²) in [4.78, 5) is 23.1. The molecule has 7 heteroatoms. The number of esters is 1. The van der Waals surface area contributed by atoms with Gasteiger partial charge in [-0.2, -0.15) is 0 Å². The van der Waals surface area contributed by atoms with Crippen molar-refractivity contribution < 1.29 is 34.8 Å². The quantitative estimate of drug-likeness (QED) is 0.284. The second-order valence-corrected chi connectivity index (χ2v) is 4.94. The number of ether oxygens (including phenoxy) is 1. The van der Waals surface area contributed by atoms with E-state index in [0.29, 0.717) is 6.42 Å². The van der Waals surface area contributed by atoms with Gasteiger partial charge in [0.05, 0.1) is 6.61 Å². The van der Waals surface area contributed by atoms with Crippen LogP contribution in [-0.4, -0.2) is 63.7 Å². The average molecular weight is 306 g/mol. The van der Waals surface area contributed by atoms with Crippen molar-refractivity contribution in [3.63, 3.8) is 0 Å². The molecule has 0 aliphatic heterocycles. The predicted octanol–water partition coefficient (Wildman–Crippen LogP) is -0.466. The second-order valence-electron chi connectivity index (χ2n) is 4.94. The molecule has 0 fully saturated rings. The van der Waals surface area contributed by atoms with Gasteiger partial charge in [0.25, 0.3) is 0 Å². The normalized spacial score (nSPS) is 15.3. The number of ketones is 1. The van der Waals surface area contributed by atoms with Gasteiger partial charge in [0.15, 0.2) is 6.10 Å². The molecule has 4 N–H and O–H groups in total. The number of aliphatic hydroxyl groups excluding tert-OH is 4. The van der Waals surface area contributed by atoms with Crippen molar-refractivity contribution in [3.05, 3.63) is 0 Å². The largest absolute Gasteiger partial charge is 0.451 e. The lowest BCUT2D eigenvalue weighted by atomic mass is 10.0. The van der Waals surface area contributed by atoms with Gasteiger partial charge in [0.2, 0.25) is 5.78 Å². The number of aliphatic hydroxyl groups is 4. The third kappa shape index (κ3) is 8.11. The smallest absolute Gasteiger partial charge is 0.306 e. The molecule has 0 aromatic carbocycles. The molecule has 124 valence electrons. The van der Waals surface area contributed by atoms with E-state index in [1.165, 1.54) is 0 Å². The average Bonchev–Trinajstić information content (AvgIpc) is 2.50. The molecule has 0 aliphatic carbocycles. The van der Waals surface area contributed by atoms with Crippen LogP contribution in [-0.2, 0) is 14.3 Å². The van der Waals surface area contributed by atoms with Gasteiger partial charge < -0.3 is 25.2 Å². The first kappa shape index (κ1) is 20.0. The number of hydrogen-bond acceptors (Lipinski definition) is 7. The van der Waals surface area contributed by atoms with Crippen LogP contribution in [0.2, 0.25) is 0 Å². The molecule has 0 rings (SSSR count). The highest BCUT2D eigenvalue weighted by Crippen LogP contribution is 2.10. The van der Waals surface area contributed by atoms with Crippen LogP contribution < -0.4 is 0 Å². The Labute approximate surface area is 124 Å². The minimum absolute atomic E-state index is 0.0981. The van der Waals surface area contributed by atoms with Crippen LogP contribution in [0.1, 0.15) is 45.4 Å². The Morgan fingerprint density at radius 3 is 2.19 bits per heavy atom. The Balaban J connectivity index is 4.33. The van der Waals surface area contributed by atoms with Gasteiger partial charge in [-0.05, 0) is 6.42 Å². The molecule has 0 spiro atoms. The van der Waals surface area contributed by atoms with E-state index in [1.807, 2.05) is 0 Å². The summed E-state index contributed by atoms with van der Waals surface area (Å²) in [6.45, 7) is 0.363. The van der Waals surface area contributed by atoms with E-state index in [9.17, 15) is 19.8 Å². The summed E-state index contributed by atoms with van der Waals surface area (Å²) in [6.07, 6.45) is -0.303. The van der Waals surface area contributed by atoms with Crippen molar-refractivity contribution in [1.82, 2.24) is 0 Å². The van der Waals surface area contributed by atoms with Crippen LogP contribution >= 0.6 is 0 Å². The predicted molar refractivity (Wildman–Crippen MR) is 74.4 cm³/mol. The van der Waals surface area contributed by atoms with E-state index in [2.05, 4.69) is 6.92 Å². The summed E-state index contributed by atoms with van der Waals surface area (Å²) in [5.41, 5.74) is 0.